The van der Waals surface area contributed by atoms with Crippen molar-refractivity contribution in [2.24, 2.45) is 16.6 Å². The molecule has 20 heavy (non-hydrogen) atoms. The van der Waals surface area contributed by atoms with E-state index in [9.17, 15) is 0 Å². The average molecular weight is 273 g/mol. The lowest BCUT2D eigenvalue weighted by Crippen LogP contribution is -2.26. The lowest BCUT2D eigenvalue weighted by atomic mass is 9.88. The smallest absolute Gasteiger partial charge is 0.0968 e. The minimum absolute atomic E-state index is 0.551. The zero-order chi connectivity index (χ0) is 14.2. The van der Waals surface area contributed by atoms with Crippen LogP contribution in [0.15, 0.2) is 35.3 Å². The van der Waals surface area contributed by atoms with Crippen molar-refractivity contribution in [1.82, 2.24) is 0 Å². The summed E-state index contributed by atoms with van der Waals surface area (Å²) in [6.45, 7) is 1.87. The van der Waals surface area contributed by atoms with Crippen molar-refractivity contribution in [2.75, 3.05) is 25.0 Å². The zero-order valence-corrected chi connectivity index (χ0v) is 12.6. The Morgan fingerprint density at radius 3 is 2.60 bits per heavy atom. The fourth-order valence-corrected chi connectivity index (χ4v) is 2.86. The summed E-state index contributed by atoms with van der Waals surface area (Å²) in [4.78, 5) is 6.85. The zero-order valence-electron chi connectivity index (χ0n) is 12.6. The van der Waals surface area contributed by atoms with Gasteiger partial charge in [0.25, 0.3) is 0 Å². The van der Waals surface area contributed by atoms with Crippen molar-refractivity contribution < 1.29 is 0 Å². The van der Waals surface area contributed by atoms with E-state index in [0.29, 0.717) is 5.92 Å². The fraction of sp³-hybridized carbons (Fsp3) is 0.588. The first-order chi connectivity index (χ1) is 9.77. The van der Waals surface area contributed by atoms with Gasteiger partial charge in [0.15, 0.2) is 0 Å². The van der Waals surface area contributed by atoms with Crippen LogP contribution in [0.4, 0.5) is 5.69 Å². The van der Waals surface area contributed by atoms with Crippen LogP contribution in [0.5, 0.6) is 0 Å². The third-order valence-corrected chi connectivity index (χ3v) is 4.17. The molecule has 110 valence electrons. The predicted octanol–water partition coefficient (Wildman–Crippen LogP) is 3.45. The summed E-state index contributed by atoms with van der Waals surface area (Å²) in [5.41, 5.74) is 7.37. The van der Waals surface area contributed by atoms with Crippen molar-refractivity contribution >= 4 is 11.5 Å². The van der Waals surface area contributed by atoms with Crippen molar-refractivity contribution in [3.8, 4) is 0 Å². The molecular weight excluding hydrogens is 246 g/mol. The van der Waals surface area contributed by atoms with Gasteiger partial charge in [0.2, 0.25) is 0 Å². The molecule has 1 aliphatic rings. The average Bonchev–Trinajstić information content (AvgIpc) is 2.53. The number of aliphatic imine (C=N–C) groups is 1. The lowest BCUT2D eigenvalue weighted by Gasteiger charge is -2.21. The van der Waals surface area contributed by atoms with Crippen LogP contribution < -0.4 is 10.6 Å². The van der Waals surface area contributed by atoms with E-state index in [1.54, 1.807) is 0 Å². The van der Waals surface area contributed by atoms with Crippen LogP contribution in [-0.2, 0) is 0 Å². The second-order valence-electron chi connectivity index (χ2n) is 5.75. The Kier molecular flexibility index (Phi) is 5.90. The number of hydrogen-bond acceptors (Lipinski definition) is 2. The Hall–Kier alpha value is -1.51. The molecule has 1 saturated carbocycles. The number of nitrogens with zero attached hydrogens (tertiary/aromatic N) is 2. The van der Waals surface area contributed by atoms with Crippen LogP contribution in [0.2, 0.25) is 0 Å². The summed E-state index contributed by atoms with van der Waals surface area (Å²) in [6, 6.07) is 10.5. The fourth-order valence-electron chi connectivity index (χ4n) is 2.86. The molecule has 0 radical (unpaired) electrons. The summed E-state index contributed by atoms with van der Waals surface area (Å²) in [5.74, 6) is 1.45. The first kappa shape index (κ1) is 14.9. The largest absolute Gasteiger partial charge is 0.387 e. The molecule has 0 heterocycles. The topological polar surface area (TPSA) is 41.6 Å². The molecule has 0 bridgehead atoms. The highest BCUT2D eigenvalue weighted by molar-refractivity contribution is 5.82. The molecule has 0 atom stereocenters. The van der Waals surface area contributed by atoms with Gasteiger partial charge >= 0.3 is 0 Å². The number of nitrogens with two attached hydrogens (primary N) is 1. The second-order valence-corrected chi connectivity index (χ2v) is 5.75. The van der Waals surface area contributed by atoms with Crippen molar-refractivity contribution in [2.45, 2.75) is 38.5 Å². The molecule has 0 saturated heterocycles. The van der Waals surface area contributed by atoms with Gasteiger partial charge in [-0.15, -0.1) is 0 Å². The highest BCUT2D eigenvalue weighted by Crippen LogP contribution is 2.23. The lowest BCUT2D eigenvalue weighted by molar-refractivity contribution is 0.436. The Bertz CT molecular complexity index is 408. The van der Waals surface area contributed by atoms with E-state index in [1.165, 1.54) is 37.8 Å². The molecular formula is C17H27N3. The molecule has 2 N–H and O–H groups in total. The summed E-state index contributed by atoms with van der Waals surface area (Å²) < 4.78 is 0. The van der Waals surface area contributed by atoms with Gasteiger partial charge in [-0.3, -0.25) is 4.99 Å². The highest BCUT2D eigenvalue weighted by Gasteiger charge is 2.16. The molecule has 2 rings (SSSR count). The van der Waals surface area contributed by atoms with Crippen LogP contribution >= 0.6 is 0 Å². The molecule has 1 aliphatic carbocycles. The van der Waals surface area contributed by atoms with E-state index in [0.717, 1.165) is 25.3 Å². The number of benzene rings is 1. The van der Waals surface area contributed by atoms with E-state index < -0.39 is 0 Å². The Morgan fingerprint density at radius 1 is 1.20 bits per heavy atom. The summed E-state index contributed by atoms with van der Waals surface area (Å²) >= 11 is 0. The van der Waals surface area contributed by atoms with E-state index in [4.69, 9.17) is 5.73 Å². The SMILES string of the molecule is CN(CCCN=C(N)C1CCCCC1)c1ccccc1. The number of rotatable bonds is 6. The van der Waals surface area contributed by atoms with Gasteiger partial charge in [-0.1, -0.05) is 37.5 Å². The number of anilines is 1. The van der Waals surface area contributed by atoms with Gasteiger partial charge in [0.05, 0.1) is 5.84 Å². The van der Waals surface area contributed by atoms with Crippen LogP contribution in [0, 0.1) is 5.92 Å². The van der Waals surface area contributed by atoms with E-state index in [-0.39, 0.29) is 0 Å². The molecule has 3 heteroatoms. The molecule has 1 fully saturated rings. The van der Waals surface area contributed by atoms with Crippen molar-refractivity contribution in [3.63, 3.8) is 0 Å². The standard InChI is InChI=1S/C17H27N3/c1-20(16-11-6-3-7-12-16)14-8-13-19-17(18)15-9-4-2-5-10-15/h3,6-7,11-12,15H,2,4-5,8-10,13-14H2,1H3,(H2,18,19). The first-order valence-electron chi connectivity index (χ1n) is 7.83. The molecule has 1 aromatic carbocycles. The molecule has 1 aromatic rings. The number of amidine groups is 1. The van der Waals surface area contributed by atoms with Crippen LogP contribution in [-0.4, -0.2) is 26.0 Å². The normalized spacial score (nSPS) is 17.1. The van der Waals surface area contributed by atoms with E-state index >= 15 is 0 Å². The molecule has 0 unspecified atom stereocenters. The molecule has 0 spiro atoms. The molecule has 0 aromatic heterocycles. The van der Waals surface area contributed by atoms with E-state index in [2.05, 4.69) is 41.2 Å². The molecule has 3 nitrogen and oxygen atoms in total. The molecule has 0 aliphatic heterocycles. The summed E-state index contributed by atoms with van der Waals surface area (Å²) in [5, 5.41) is 0. The van der Waals surface area contributed by atoms with Gasteiger partial charge in [0.1, 0.15) is 0 Å². The Morgan fingerprint density at radius 2 is 1.90 bits per heavy atom. The van der Waals surface area contributed by atoms with Crippen LogP contribution in [0.25, 0.3) is 0 Å². The van der Waals surface area contributed by atoms with Gasteiger partial charge < -0.3 is 10.6 Å². The maximum absolute atomic E-state index is 6.11. The minimum atomic E-state index is 0.551. The van der Waals surface area contributed by atoms with Crippen LogP contribution in [0.3, 0.4) is 0 Å². The minimum Gasteiger partial charge on any atom is -0.387 e. The first-order valence-corrected chi connectivity index (χ1v) is 7.83. The second kappa shape index (κ2) is 7.93. The molecule has 0 amide bonds. The van der Waals surface area contributed by atoms with Gasteiger partial charge in [0, 0.05) is 31.7 Å². The Balaban J connectivity index is 1.70. The van der Waals surface area contributed by atoms with E-state index in [1.807, 2.05) is 6.07 Å². The number of para-hydroxylation sites is 1. The van der Waals surface area contributed by atoms with Crippen molar-refractivity contribution in [3.05, 3.63) is 30.3 Å². The van der Waals surface area contributed by atoms with Crippen molar-refractivity contribution in [1.29, 1.82) is 0 Å². The number of hydrogen-bond donors (Lipinski definition) is 1. The predicted molar refractivity (Wildman–Crippen MR) is 87.4 cm³/mol. The Labute approximate surface area is 122 Å². The van der Waals surface area contributed by atoms with Gasteiger partial charge in [-0.25, -0.2) is 0 Å². The summed E-state index contributed by atoms with van der Waals surface area (Å²) in [6.07, 6.45) is 7.53. The van der Waals surface area contributed by atoms with Gasteiger partial charge in [-0.05, 0) is 31.4 Å². The maximum Gasteiger partial charge on any atom is 0.0968 e. The quantitative estimate of drug-likeness (QED) is 0.490. The van der Waals surface area contributed by atoms with Gasteiger partial charge in [-0.2, -0.15) is 0 Å². The monoisotopic (exact) mass is 273 g/mol. The third kappa shape index (κ3) is 4.55. The summed E-state index contributed by atoms with van der Waals surface area (Å²) in [7, 11) is 2.13. The maximum atomic E-state index is 6.11. The van der Waals surface area contributed by atoms with Crippen LogP contribution in [0.1, 0.15) is 38.5 Å². The third-order valence-electron chi connectivity index (χ3n) is 4.17. The highest BCUT2D eigenvalue weighted by atomic mass is 15.1.